The van der Waals surface area contributed by atoms with Crippen LogP contribution in [0.5, 0.6) is 0 Å². The van der Waals surface area contributed by atoms with Crippen LogP contribution in [0.15, 0.2) is 6.20 Å². The Kier molecular flexibility index (Phi) is 2.03. The predicted molar refractivity (Wildman–Crippen MR) is 30.2 cm³/mol. The Morgan fingerprint density at radius 2 is 2.08 bits per heavy atom. The predicted octanol–water partition coefficient (Wildman–Crippen LogP) is 0.703. The van der Waals surface area contributed by atoms with Gasteiger partial charge < -0.3 is 0 Å². The summed E-state index contributed by atoms with van der Waals surface area (Å²) in [6.07, 6.45) is -4.04. The highest BCUT2D eigenvalue weighted by atomic mass is 19.4. The van der Waals surface area contributed by atoms with Crippen molar-refractivity contribution in [1.82, 2.24) is 15.2 Å². The average Bonchev–Trinajstić information content (AvgIpc) is 2.03. The van der Waals surface area contributed by atoms with E-state index in [4.69, 9.17) is 0 Å². The van der Waals surface area contributed by atoms with E-state index < -0.39 is 17.7 Å². The van der Waals surface area contributed by atoms with Gasteiger partial charge >= 0.3 is 6.18 Å². The normalized spacial score (nSPS) is 11.2. The van der Waals surface area contributed by atoms with Crippen molar-refractivity contribution in [2.24, 2.45) is 0 Å². The highest BCUT2D eigenvalue weighted by Crippen LogP contribution is 2.26. The molecule has 0 N–H and O–H groups in total. The first-order valence-electron chi connectivity index (χ1n) is 2.76. The summed E-state index contributed by atoms with van der Waals surface area (Å²) >= 11 is 0. The first kappa shape index (κ1) is 8.57. The van der Waals surface area contributed by atoms with E-state index in [0.29, 0.717) is 6.20 Å². The van der Waals surface area contributed by atoms with Crippen molar-refractivity contribution in [3.63, 3.8) is 0 Å². The lowest BCUT2D eigenvalue weighted by molar-refractivity contribution is -0.141. The Labute approximate surface area is 64.4 Å². The zero-order valence-corrected chi connectivity index (χ0v) is 5.54. The summed E-state index contributed by atoms with van der Waals surface area (Å²) in [5, 5.41) is 6.00. The highest BCUT2D eigenvalue weighted by molar-refractivity contribution is 5.68. The van der Waals surface area contributed by atoms with Gasteiger partial charge in [-0.15, -0.1) is 5.10 Å². The molecular weight excluding hydrogens is 175 g/mol. The van der Waals surface area contributed by atoms with E-state index in [1.165, 1.54) is 0 Å². The van der Waals surface area contributed by atoms with Crippen LogP contribution in [0.1, 0.15) is 16.3 Å². The molecule has 1 heterocycles. The van der Waals surface area contributed by atoms with Gasteiger partial charge in [0, 0.05) is 0 Å². The molecule has 1 rings (SSSR count). The Balaban J connectivity index is 3.10. The van der Waals surface area contributed by atoms with E-state index in [0.717, 1.165) is 0 Å². The van der Waals surface area contributed by atoms with Crippen molar-refractivity contribution >= 4 is 6.29 Å². The number of carbonyl (C=O) groups excluding carboxylic acids is 1. The molecule has 0 fully saturated rings. The third-order valence-corrected chi connectivity index (χ3v) is 0.971. The van der Waals surface area contributed by atoms with Gasteiger partial charge in [0.1, 0.15) is 0 Å². The molecule has 0 amide bonds. The minimum absolute atomic E-state index is 0.0994. The summed E-state index contributed by atoms with van der Waals surface area (Å²) in [4.78, 5) is 12.8. The number of hydrogen-bond acceptors (Lipinski definition) is 4. The second-order valence-electron chi connectivity index (χ2n) is 1.82. The van der Waals surface area contributed by atoms with Crippen molar-refractivity contribution in [1.29, 1.82) is 0 Å². The summed E-state index contributed by atoms with van der Waals surface area (Å²) in [7, 11) is 0. The third kappa shape index (κ3) is 1.74. The van der Waals surface area contributed by atoms with Crippen molar-refractivity contribution in [2.45, 2.75) is 6.18 Å². The zero-order chi connectivity index (χ0) is 9.19. The Bertz CT molecular complexity index is 298. The minimum atomic E-state index is -4.59. The quantitative estimate of drug-likeness (QED) is 0.592. The topological polar surface area (TPSA) is 55.7 Å². The Morgan fingerprint density at radius 3 is 2.58 bits per heavy atom. The van der Waals surface area contributed by atoms with E-state index in [-0.39, 0.29) is 6.29 Å². The molecule has 0 aromatic carbocycles. The van der Waals surface area contributed by atoms with Gasteiger partial charge in [-0.2, -0.15) is 18.3 Å². The van der Waals surface area contributed by atoms with Crippen LogP contribution in [0.3, 0.4) is 0 Å². The van der Waals surface area contributed by atoms with Crippen LogP contribution < -0.4 is 0 Å². The molecule has 0 aliphatic rings. The lowest BCUT2D eigenvalue weighted by atomic mass is 10.4. The second kappa shape index (κ2) is 2.84. The van der Waals surface area contributed by atoms with Gasteiger partial charge in [-0.3, -0.25) is 4.79 Å². The first-order valence-corrected chi connectivity index (χ1v) is 2.76. The molecule has 0 saturated carbocycles. The standard InChI is InChI=1S/C5H2F3N3O/c6-5(7,8)3-1-9-11-4(2-12)10-3/h1-2H. The number of rotatable bonds is 1. The fourth-order valence-corrected chi connectivity index (χ4v) is 0.504. The number of hydrogen-bond donors (Lipinski definition) is 0. The van der Waals surface area contributed by atoms with Gasteiger partial charge in [0.15, 0.2) is 12.0 Å². The molecule has 1 aromatic rings. The van der Waals surface area contributed by atoms with Crippen LogP contribution in [0.2, 0.25) is 0 Å². The van der Waals surface area contributed by atoms with Gasteiger partial charge in [0.05, 0.1) is 6.20 Å². The lowest BCUT2D eigenvalue weighted by Gasteiger charge is -2.02. The molecule has 0 atom stereocenters. The van der Waals surface area contributed by atoms with Gasteiger partial charge in [0.2, 0.25) is 5.82 Å². The van der Waals surface area contributed by atoms with Crippen molar-refractivity contribution in [3.05, 3.63) is 17.7 Å². The monoisotopic (exact) mass is 177 g/mol. The molecule has 7 heteroatoms. The number of aromatic nitrogens is 3. The first-order chi connectivity index (χ1) is 5.54. The molecule has 64 valence electrons. The fraction of sp³-hybridized carbons (Fsp3) is 0.200. The van der Waals surface area contributed by atoms with Gasteiger partial charge in [-0.05, 0) is 0 Å². The summed E-state index contributed by atoms with van der Waals surface area (Å²) in [6, 6.07) is 0. The van der Waals surface area contributed by atoms with E-state index in [2.05, 4.69) is 15.2 Å². The Hall–Kier alpha value is -1.53. The van der Waals surface area contributed by atoms with E-state index in [1.54, 1.807) is 0 Å². The molecule has 12 heavy (non-hydrogen) atoms. The maximum atomic E-state index is 11.9. The molecule has 0 aliphatic heterocycles. The van der Waals surface area contributed by atoms with Gasteiger partial charge in [-0.25, -0.2) is 4.98 Å². The summed E-state index contributed by atoms with van der Waals surface area (Å²) < 4.78 is 35.6. The molecule has 0 spiro atoms. The van der Waals surface area contributed by atoms with Crippen LogP contribution in [0.25, 0.3) is 0 Å². The van der Waals surface area contributed by atoms with Crippen LogP contribution in [-0.4, -0.2) is 21.5 Å². The van der Waals surface area contributed by atoms with Gasteiger partial charge in [0.25, 0.3) is 0 Å². The summed E-state index contributed by atoms with van der Waals surface area (Å²) in [5.74, 6) is -0.579. The zero-order valence-electron chi connectivity index (χ0n) is 5.54. The molecule has 0 aliphatic carbocycles. The molecule has 0 radical (unpaired) electrons. The van der Waals surface area contributed by atoms with Crippen LogP contribution in [-0.2, 0) is 6.18 Å². The number of carbonyl (C=O) groups is 1. The average molecular weight is 177 g/mol. The molecular formula is C5H2F3N3O. The fourth-order valence-electron chi connectivity index (χ4n) is 0.504. The van der Waals surface area contributed by atoms with Crippen molar-refractivity contribution in [3.8, 4) is 0 Å². The van der Waals surface area contributed by atoms with Crippen LogP contribution in [0, 0.1) is 0 Å². The number of nitrogens with zero attached hydrogens (tertiary/aromatic N) is 3. The summed E-state index contributed by atoms with van der Waals surface area (Å²) in [5.41, 5.74) is -1.22. The Morgan fingerprint density at radius 1 is 1.42 bits per heavy atom. The molecule has 0 bridgehead atoms. The molecule has 1 aromatic heterocycles. The van der Waals surface area contributed by atoms with Crippen LogP contribution in [0.4, 0.5) is 13.2 Å². The number of halogens is 3. The highest BCUT2D eigenvalue weighted by Gasteiger charge is 2.33. The molecule has 4 nitrogen and oxygen atoms in total. The largest absolute Gasteiger partial charge is 0.435 e. The summed E-state index contributed by atoms with van der Waals surface area (Å²) in [6.45, 7) is 0. The number of aldehydes is 1. The third-order valence-electron chi connectivity index (χ3n) is 0.971. The SMILES string of the molecule is O=Cc1nncc(C(F)(F)F)n1. The maximum Gasteiger partial charge on any atom is 0.435 e. The van der Waals surface area contributed by atoms with E-state index in [9.17, 15) is 18.0 Å². The molecule has 0 saturated heterocycles. The van der Waals surface area contributed by atoms with Crippen LogP contribution >= 0.6 is 0 Å². The second-order valence-corrected chi connectivity index (χ2v) is 1.82. The number of alkyl halides is 3. The molecule has 0 unspecified atom stereocenters. The van der Waals surface area contributed by atoms with Crippen molar-refractivity contribution < 1.29 is 18.0 Å². The smallest absolute Gasteiger partial charge is 0.294 e. The van der Waals surface area contributed by atoms with Crippen molar-refractivity contribution in [2.75, 3.05) is 0 Å². The van der Waals surface area contributed by atoms with Gasteiger partial charge in [-0.1, -0.05) is 0 Å². The van der Waals surface area contributed by atoms with E-state index >= 15 is 0 Å². The van der Waals surface area contributed by atoms with E-state index in [1.807, 2.05) is 0 Å². The maximum absolute atomic E-state index is 11.9. The minimum Gasteiger partial charge on any atom is -0.294 e. The lowest BCUT2D eigenvalue weighted by Crippen LogP contribution is -2.11.